The summed E-state index contributed by atoms with van der Waals surface area (Å²) in [5, 5.41) is 5.74. The van der Waals surface area contributed by atoms with Gasteiger partial charge in [0, 0.05) is 17.8 Å². The lowest BCUT2D eigenvalue weighted by atomic mass is 9.78. The molecule has 2 amide bonds. The Labute approximate surface area is 291 Å². The van der Waals surface area contributed by atoms with Crippen molar-refractivity contribution in [1.29, 1.82) is 0 Å². The number of hydrogen-bond acceptors (Lipinski definition) is 5. The van der Waals surface area contributed by atoms with E-state index in [0.717, 1.165) is 27.8 Å². The fourth-order valence-corrected chi connectivity index (χ4v) is 6.35. The van der Waals surface area contributed by atoms with Crippen molar-refractivity contribution in [2.45, 2.75) is 72.1 Å². The topological polar surface area (TPSA) is 93.7 Å². The van der Waals surface area contributed by atoms with Crippen molar-refractivity contribution in [1.82, 2.24) is 5.32 Å². The molecule has 0 bridgehead atoms. The van der Waals surface area contributed by atoms with Gasteiger partial charge in [0.25, 0.3) is 5.91 Å². The van der Waals surface area contributed by atoms with E-state index < -0.39 is 18.2 Å². The number of amides is 2. The Bertz CT molecular complexity index is 1750. The van der Waals surface area contributed by atoms with Crippen LogP contribution >= 0.6 is 0 Å². The van der Waals surface area contributed by atoms with Gasteiger partial charge in [0.2, 0.25) is 5.91 Å². The molecule has 0 saturated heterocycles. The van der Waals surface area contributed by atoms with E-state index in [9.17, 15) is 27.6 Å². The van der Waals surface area contributed by atoms with E-state index in [4.69, 9.17) is 4.74 Å². The fourth-order valence-electron chi connectivity index (χ4n) is 6.35. The van der Waals surface area contributed by atoms with Crippen molar-refractivity contribution in [2.24, 2.45) is 0 Å². The zero-order chi connectivity index (χ0) is 36.4. The molecule has 50 heavy (non-hydrogen) atoms. The summed E-state index contributed by atoms with van der Waals surface area (Å²) >= 11 is 0. The molecule has 0 aliphatic carbocycles. The van der Waals surface area contributed by atoms with Crippen LogP contribution in [0.15, 0.2) is 84.9 Å². The fraction of sp³-hybridized carbons (Fsp3) is 0.325. The minimum absolute atomic E-state index is 0.0494. The smallest absolute Gasteiger partial charge is 0.466 e. The van der Waals surface area contributed by atoms with Crippen molar-refractivity contribution >= 4 is 23.5 Å². The Morgan fingerprint density at radius 3 is 1.96 bits per heavy atom. The van der Waals surface area contributed by atoms with Gasteiger partial charge >= 0.3 is 12.3 Å². The molecule has 2 unspecified atom stereocenters. The first kappa shape index (κ1) is 37.7. The molecular weight excluding hydrogens is 645 g/mol. The number of ether oxygens (including phenoxy) is 2. The standard InChI is InChI=1S/C40H43F3N2O5/c1-6-8-34(28-9-11-31(12-10-28)38(47)44-22-21-35(46)49-7-2)37(30-15-19-33(20-16-30)50-40(41,42)43)39(48)45-32-17-13-29(14-18-32)36-26(4)23-25(3)24-27(36)5/h9-20,23-24,34,37H,6-8,21-22H2,1-5H3,(H,44,47)(H,45,48). The molecule has 2 atom stereocenters. The normalized spacial score (nSPS) is 12.5. The molecule has 0 radical (unpaired) electrons. The Hall–Kier alpha value is -5.12. The van der Waals surface area contributed by atoms with E-state index in [2.05, 4.69) is 48.3 Å². The van der Waals surface area contributed by atoms with Crippen LogP contribution in [-0.2, 0) is 14.3 Å². The SMILES string of the molecule is CCCC(c1ccc(C(=O)NCCC(=O)OCC)cc1)C(C(=O)Nc1ccc(-c2c(C)cc(C)cc2C)cc1)c1ccc(OC(F)(F)F)cc1. The predicted octanol–water partition coefficient (Wildman–Crippen LogP) is 9.17. The van der Waals surface area contributed by atoms with E-state index in [0.29, 0.717) is 29.7 Å². The number of halogens is 3. The van der Waals surface area contributed by atoms with Gasteiger partial charge in [-0.05, 0) is 110 Å². The number of rotatable bonds is 14. The number of carbonyl (C=O) groups is 3. The van der Waals surface area contributed by atoms with E-state index in [1.54, 1.807) is 31.2 Å². The van der Waals surface area contributed by atoms with Gasteiger partial charge in [0.05, 0.1) is 18.9 Å². The monoisotopic (exact) mass is 688 g/mol. The Balaban J connectivity index is 1.62. The van der Waals surface area contributed by atoms with Crippen LogP contribution in [0.4, 0.5) is 18.9 Å². The van der Waals surface area contributed by atoms with Gasteiger partial charge in [-0.25, -0.2) is 0 Å². The molecule has 0 aliphatic rings. The summed E-state index contributed by atoms with van der Waals surface area (Å²) < 4.78 is 47.7. The highest BCUT2D eigenvalue weighted by Gasteiger charge is 2.33. The molecule has 10 heteroatoms. The van der Waals surface area contributed by atoms with Gasteiger partial charge in [-0.2, -0.15) is 0 Å². The maximum Gasteiger partial charge on any atom is 0.573 e. The second kappa shape index (κ2) is 17.0. The lowest BCUT2D eigenvalue weighted by Gasteiger charge is -2.28. The first-order chi connectivity index (χ1) is 23.8. The highest BCUT2D eigenvalue weighted by Crippen LogP contribution is 2.39. The number of anilines is 1. The maximum atomic E-state index is 14.2. The van der Waals surface area contributed by atoms with Gasteiger partial charge < -0.3 is 20.1 Å². The molecule has 264 valence electrons. The lowest BCUT2D eigenvalue weighted by molar-refractivity contribution is -0.274. The minimum atomic E-state index is -4.85. The van der Waals surface area contributed by atoms with Crippen molar-refractivity contribution in [3.05, 3.63) is 118 Å². The number of esters is 1. The zero-order valence-corrected chi connectivity index (χ0v) is 28.9. The van der Waals surface area contributed by atoms with E-state index in [-0.39, 0.29) is 43.1 Å². The van der Waals surface area contributed by atoms with Crippen LogP contribution in [0.3, 0.4) is 0 Å². The van der Waals surface area contributed by atoms with E-state index >= 15 is 0 Å². The van der Waals surface area contributed by atoms with Crippen LogP contribution in [0.5, 0.6) is 5.75 Å². The second-order valence-corrected chi connectivity index (χ2v) is 12.3. The molecule has 0 heterocycles. The van der Waals surface area contributed by atoms with Crippen molar-refractivity contribution in [3.8, 4) is 16.9 Å². The van der Waals surface area contributed by atoms with Crippen LogP contribution in [0, 0.1) is 20.8 Å². The van der Waals surface area contributed by atoms with Gasteiger partial charge in [-0.3, -0.25) is 14.4 Å². The molecule has 4 aromatic rings. The highest BCUT2D eigenvalue weighted by atomic mass is 19.4. The van der Waals surface area contributed by atoms with Crippen LogP contribution in [0.2, 0.25) is 0 Å². The van der Waals surface area contributed by atoms with E-state index in [1.807, 2.05) is 31.2 Å². The highest BCUT2D eigenvalue weighted by molar-refractivity contribution is 5.97. The van der Waals surface area contributed by atoms with E-state index in [1.165, 1.54) is 29.8 Å². The second-order valence-electron chi connectivity index (χ2n) is 12.3. The Morgan fingerprint density at radius 1 is 0.800 bits per heavy atom. The van der Waals surface area contributed by atoms with Crippen molar-refractivity contribution < 1.29 is 37.0 Å². The van der Waals surface area contributed by atoms with Crippen LogP contribution in [0.25, 0.3) is 11.1 Å². The van der Waals surface area contributed by atoms with Gasteiger partial charge in [-0.15, -0.1) is 13.2 Å². The summed E-state index contributed by atoms with van der Waals surface area (Å²) in [5.74, 6) is -2.65. The number of nitrogens with one attached hydrogen (secondary N) is 2. The Kier molecular flexibility index (Phi) is 12.8. The summed E-state index contributed by atoms with van der Waals surface area (Å²) in [6, 6.07) is 24.1. The molecule has 7 nitrogen and oxygen atoms in total. The van der Waals surface area contributed by atoms with Gasteiger partial charge in [0.15, 0.2) is 0 Å². The molecular formula is C40H43F3N2O5. The molecule has 4 aromatic carbocycles. The maximum absolute atomic E-state index is 14.2. The number of hydrogen-bond donors (Lipinski definition) is 2. The van der Waals surface area contributed by atoms with Gasteiger partial charge in [0.1, 0.15) is 5.75 Å². The molecule has 4 rings (SSSR count). The molecule has 2 N–H and O–H groups in total. The number of benzene rings is 4. The van der Waals surface area contributed by atoms with Crippen LogP contribution < -0.4 is 15.4 Å². The predicted molar refractivity (Wildman–Crippen MR) is 188 cm³/mol. The van der Waals surface area contributed by atoms with Gasteiger partial charge in [-0.1, -0.05) is 67.4 Å². The molecule has 0 aliphatic heterocycles. The summed E-state index contributed by atoms with van der Waals surface area (Å²) in [4.78, 5) is 38.5. The molecule has 0 saturated carbocycles. The number of aryl methyl sites for hydroxylation is 3. The zero-order valence-electron chi connectivity index (χ0n) is 28.9. The first-order valence-corrected chi connectivity index (χ1v) is 16.7. The van der Waals surface area contributed by atoms with Crippen molar-refractivity contribution in [3.63, 3.8) is 0 Å². The average Bonchev–Trinajstić information content (AvgIpc) is 3.05. The third-order valence-corrected chi connectivity index (χ3v) is 8.40. The minimum Gasteiger partial charge on any atom is -0.466 e. The lowest BCUT2D eigenvalue weighted by Crippen LogP contribution is -2.27. The molecule has 0 spiro atoms. The third kappa shape index (κ3) is 10.2. The average molecular weight is 689 g/mol. The summed E-state index contributed by atoms with van der Waals surface area (Å²) in [6.07, 6.45) is -3.51. The number of alkyl halides is 3. The Morgan fingerprint density at radius 2 is 1.40 bits per heavy atom. The van der Waals surface area contributed by atoms with Crippen molar-refractivity contribution in [2.75, 3.05) is 18.5 Å². The first-order valence-electron chi connectivity index (χ1n) is 16.7. The number of carbonyl (C=O) groups excluding carboxylic acids is 3. The summed E-state index contributed by atoms with van der Waals surface area (Å²) in [7, 11) is 0. The summed E-state index contributed by atoms with van der Waals surface area (Å²) in [6.45, 7) is 10.3. The summed E-state index contributed by atoms with van der Waals surface area (Å²) in [5.41, 5.74) is 7.89. The van der Waals surface area contributed by atoms with Crippen LogP contribution in [-0.4, -0.2) is 37.3 Å². The third-order valence-electron chi connectivity index (χ3n) is 8.40. The molecule has 0 fully saturated rings. The largest absolute Gasteiger partial charge is 0.573 e. The molecule has 0 aromatic heterocycles. The quantitative estimate of drug-likeness (QED) is 0.129. The van der Waals surface area contributed by atoms with Crippen LogP contribution in [0.1, 0.15) is 83.1 Å².